The Morgan fingerprint density at radius 2 is 1.95 bits per heavy atom. The number of benzene rings is 1. The molecule has 2 rings (SSSR count). The lowest BCUT2D eigenvalue weighted by Crippen LogP contribution is -2.14. The van der Waals surface area contributed by atoms with Gasteiger partial charge in [-0.05, 0) is 18.6 Å². The Hall–Kier alpha value is -1.26. The first-order chi connectivity index (χ1) is 10.3. The molecule has 0 atom stereocenters. The van der Waals surface area contributed by atoms with E-state index in [1.165, 1.54) is 32.1 Å². The average Bonchev–Trinajstić information content (AvgIpc) is 2.49. The van der Waals surface area contributed by atoms with E-state index in [4.69, 9.17) is 19.9 Å². The van der Waals surface area contributed by atoms with E-state index in [9.17, 15) is 0 Å². The summed E-state index contributed by atoms with van der Waals surface area (Å²) in [4.78, 5) is 0. The van der Waals surface area contributed by atoms with Gasteiger partial charge in [0.2, 0.25) is 0 Å². The molecule has 0 aromatic heterocycles. The Morgan fingerprint density at radius 1 is 1.14 bits per heavy atom. The maximum atomic E-state index is 5.91. The summed E-state index contributed by atoms with van der Waals surface area (Å²) in [6.07, 6.45) is 7.66. The molecule has 0 saturated heterocycles. The first-order valence-electron chi connectivity index (χ1n) is 8.01. The molecule has 0 saturated carbocycles. The molecule has 1 aromatic carbocycles. The summed E-state index contributed by atoms with van der Waals surface area (Å²) in [7, 11) is 0. The van der Waals surface area contributed by atoms with Crippen LogP contribution in [0.5, 0.6) is 5.75 Å². The summed E-state index contributed by atoms with van der Waals surface area (Å²) in [5.41, 5.74) is 8.69. The van der Waals surface area contributed by atoms with Crippen molar-refractivity contribution in [2.45, 2.75) is 58.7 Å². The monoisotopic (exact) mass is 293 g/mol. The van der Waals surface area contributed by atoms with Crippen molar-refractivity contribution in [3.63, 3.8) is 0 Å². The fourth-order valence-corrected chi connectivity index (χ4v) is 2.60. The molecule has 1 aliphatic rings. The van der Waals surface area contributed by atoms with Crippen LogP contribution in [0.25, 0.3) is 0 Å². The average molecular weight is 293 g/mol. The number of nitrogens with two attached hydrogens (primary N) is 1. The van der Waals surface area contributed by atoms with Gasteiger partial charge in [-0.15, -0.1) is 0 Å². The fraction of sp³-hybridized carbons (Fsp3) is 0.647. The van der Waals surface area contributed by atoms with E-state index in [0.29, 0.717) is 20.0 Å². The third kappa shape index (κ3) is 5.21. The van der Waals surface area contributed by atoms with Gasteiger partial charge in [0, 0.05) is 23.4 Å². The highest BCUT2D eigenvalue weighted by atomic mass is 16.7. The Kier molecular flexibility index (Phi) is 6.83. The second kappa shape index (κ2) is 8.90. The molecule has 0 fully saturated rings. The van der Waals surface area contributed by atoms with Crippen LogP contribution in [0.15, 0.2) is 12.1 Å². The van der Waals surface area contributed by atoms with Crippen LogP contribution in [-0.2, 0) is 22.7 Å². The molecule has 4 nitrogen and oxygen atoms in total. The van der Waals surface area contributed by atoms with Crippen LogP contribution in [-0.4, -0.2) is 13.4 Å². The van der Waals surface area contributed by atoms with E-state index in [-0.39, 0.29) is 0 Å². The van der Waals surface area contributed by atoms with Gasteiger partial charge in [0.1, 0.15) is 5.75 Å². The molecule has 1 heterocycles. The normalized spacial score (nSPS) is 13.8. The number of nitrogen functional groups attached to an aromatic ring is 1. The number of hydrogen-bond acceptors (Lipinski definition) is 4. The first kappa shape index (κ1) is 16.1. The van der Waals surface area contributed by atoms with Gasteiger partial charge >= 0.3 is 0 Å². The number of ether oxygens (including phenoxy) is 3. The highest BCUT2D eigenvalue weighted by Crippen LogP contribution is 2.31. The largest absolute Gasteiger partial charge is 0.467 e. The Labute approximate surface area is 127 Å². The second-order valence-electron chi connectivity index (χ2n) is 5.60. The highest BCUT2D eigenvalue weighted by Gasteiger charge is 2.16. The zero-order valence-corrected chi connectivity index (χ0v) is 13.0. The number of fused-ring (bicyclic) bond motifs is 1. The van der Waals surface area contributed by atoms with Crippen molar-refractivity contribution >= 4 is 5.69 Å². The maximum absolute atomic E-state index is 5.91. The standard InChI is InChI=1S/C17H27NO3/c1-2-3-4-5-6-7-8-19-11-14-9-16(18)10-15-12-20-13-21-17(14)15/h9-10H,2-8,11-13,18H2,1H3. The van der Waals surface area contributed by atoms with Gasteiger partial charge in [-0.1, -0.05) is 39.0 Å². The van der Waals surface area contributed by atoms with E-state index in [1.54, 1.807) is 0 Å². The minimum atomic E-state index is 0.307. The lowest BCUT2D eigenvalue weighted by atomic mass is 10.1. The number of anilines is 1. The van der Waals surface area contributed by atoms with E-state index < -0.39 is 0 Å². The molecule has 0 bridgehead atoms. The highest BCUT2D eigenvalue weighted by molar-refractivity contribution is 5.53. The van der Waals surface area contributed by atoms with Gasteiger partial charge in [0.15, 0.2) is 6.79 Å². The maximum Gasteiger partial charge on any atom is 0.189 e. The van der Waals surface area contributed by atoms with E-state index in [1.807, 2.05) is 12.1 Å². The van der Waals surface area contributed by atoms with Gasteiger partial charge in [-0.25, -0.2) is 0 Å². The minimum absolute atomic E-state index is 0.307. The van der Waals surface area contributed by atoms with Crippen LogP contribution in [0.3, 0.4) is 0 Å². The van der Waals surface area contributed by atoms with Crippen molar-refractivity contribution in [1.82, 2.24) is 0 Å². The van der Waals surface area contributed by atoms with Crippen LogP contribution in [0, 0.1) is 0 Å². The van der Waals surface area contributed by atoms with Crippen molar-refractivity contribution in [2.75, 3.05) is 19.1 Å². The minimum Gasteiger partial charge on any atom is -0.467 e. The molecule has 21 heavy (non-hydrogen) atoms. The van der Waals surface area contributed by atoms with Gasteiger partial charge in [-0.3, -0.25) is 0 Å². The predicted octanol–water partition coefficient (Wildman–Crippen LogP) is 4.01. The summed E-state index contributed by atoms with van der Waals surface area (Å²) < 4.78 is 16.6. The zero-order valence-electron chi connectivity index (χ0n) is 13.0. The van der Waals surface area contributed by atoms with E-state index in [0.717, 1.165) is 35.6 Å². The summed E-state index contributed by atoms with van der Waals surface area (Å²) >= 11 is 0. The molecule has 2 N–H and O–H groups in total. The molecule has 118 valence electrons. The molecule has 0 radical (unpaired) electrons. The van der Waals surface area contributed by atoms with Crippen LogP contribution in [0.4, 0.5) is 5.69 Å². The van der Waals surface area contributed by atoms with Gasteiger partial charge in [-0.2, -0.15) is 0 Å². The van der Waals surface area contributed by atoms with Gasteiger partial charge in [0.05, 0.1) is 13.2 Å². The van der Waals surface area contributed by atoms with Gasteiger partial charge < -0.3 is 19.9 Å². The number of unbranched alkanes of at least 4 members (excludes halogenated alkanes) is 5. The SMILES string of the molecule is CCCCCCCCOCc1cc(N)cc2c1OCOC2. The predicted molar refractivity (Wildman–Crippen MR) is 84.2 cm³/mol. The topological polar surface area (TPSA) is 53.7 Å². The number of rotatable bonds is 9. The molecule has 0 unspecified atom stereocenters. The van der Waals surface area contributed by atoms with Crippen LogP contribution in [0.1, 0.15) is 56.6 Å². The van der Waals surface area contributed by atoms with Crippen molar-refractivity contribution in [2.24, 2.45) is 0 Å². The van der Waals surface area contributed by atoms with Crippen LogP contribution in [0.2, 0.25) is 0 Å². The van der Waals surface area contributed by atoms with E-state index in [2.05, 4.69) is 6.92 Å². The lowest BCUT2D eigenvalue weighted by Gasteiger charge is -2.21. The number of hydrogen-bond donors (Lipinski definition) is 1. The molecule has 0 amide bonds. The molecule has 0 aliphatic carbocycles. The van der Waals surface area contributed by atoms with Gasteiger partial charge in [0.25, 0.3) is 0 Å². The quantitative estimate of drug-likeness (QED) is 0.552. The Bertz CT molecular complexity index is 434. The summed E-state index contributed by atoms with van der Waals surface area (Å²) in [5.74, 6) is 0.887. The van der Waals surface area contributed by atoms with Crippen LogP contribution < -0.4 is 10.5 Å². The molecule has 1 aromatic rings. The van der Waals surface area contributed by atoms with Crippen molar-refractivity contribution in [3.8, 4) is 5.75 Å². The molecular formula is C17H27NO3. The molecule has 0 spiro atoms. The van der Waals surface area contributed by atoms with Crippen molar-refractivity contribution in [1.29, 1.82) is 0 Å². The third-order valence-electron chi connectivity index (χ3n) is 3.71. The zero-order chi connectivity index (χ0) is 14.9. The second-order valence-corrected chi connectivity index (χ2v) is 5.60. The molecule has 1 aliphatic heterocycles. The van der Waals surface area contributed by atoms with E-state index >= 15 is 0 Å². The molecular weight excluding hydrogens is 266 g/mol. The Balaban J connectivity index is 1.72. The smallest absolute Gasteiger partial charge is 0.189 e. The van der Waals surface area contributed by atoms with Crippen molar-refractivity contribution < 1.29 is 14.2 Å². The third-order valence-corrected chi connectivity index (χ3v) is 3.71. The lowest BCUT2D eigenvalue weighted by molar-refractivity contribution is -0.0183. The Morgan fingerprint density at radius 3 is 2.81 bits per heavy atom. The summed E-state index contributed by atoms with van der Waals surface area (Å²) in [6, 6.07) is 3.84. The van der Waals surface area contributed by atoms with Crippen molar-refractivity contribution in [3.05, 3.63) is 23.3 Å². The fourth-order valence-electron chi connectivity index (χ4n) is 2.60. The first-order valence-corrected chi connectivity index (χ1v) is 8.01. The summed E-state index contributed by atoms with van der Waals surface area (Å²) in [5, 5.41) is 0. The summed E-state index contributed by atoms with van der Waals surface area (Å²) in [6.45, 7) is 4.46. The molecule has 4 heteroatoms. The van der Waals surface area contributed by atoms with Crippen LogP contribution >= 0.6 is 0 Å².